The lowest BCUT2D eigenvalue weighted by atomic mass is 10.1. The zero-order valence-corrected chi connectivity index (χ0v) is 17.4. The van der Waals surface area contributed by atoms with Crippen molar-refractivity contribution in [1.29, 1.82) is 0 Å². The third-order valence-electron chi connectivity index (χ3n) is 5.10. The standard InChI is InChI=1S/C21H17F3N6O3/c1-28-15-11-25-10-12(18(15)19(32)29(2)20(28)33)8-17(31)26-16-6-7-30(27-16)14-5-3-4-13(9-14)21(22,23)24/h3-7,9-11H,8H2,1-2H3,(H,26,27,31). The first-order valence-electron chi connectivity index (χ1n) is 9.62. The number of carbonyl (C=O) groups excluding carboxylic acids is 1. The third kappa shape index (κ3) is 4.14. The van der Waals surface area contributed by atoms with Crippen LogP contribution in [0.5, 0.6) is 0 Å². The summed E-state index contributed by atoms with van der Waals surface area (Å²) >= 11 is 0. The van der Waals surface area contributed by atoms with Crippen LogP contribution in [-0.2, 0) is 31.5 Å². The molecule has 4 aromatic rings. The number of pyridine rings is 1. The molecule has 33 heavy (non-hydrogen) atoms. The van der Waals surface area contributed by atoms with Crippen molar-refractivity contribution in [3.05, 3.63) is 80.9 Å². The van der Waals surface area contributed by atoms with Gasteiger partial charge in [-0.05, 0) is 23.8 Å². The van der Waals surface area contributed by atoms with Gasteiger partial charge in [-0.2, -0.15) is 18.3 Å². The van der Waals surface area contributed by atoms with E-state index in [-0.39, 0.29) is 23.3 Å². The molecule has 3 aromatic heterocycles. The normalized spacial score (nSPS) is 11.7. The number of nitrogens with one attached hydrogen (secondary N) is 1. The van der Waals surface area contributed by atoms with Crippen LogP contribution in [0, 0.1) is 0 Å². The highest BCUT2D eigenvalue weighted by molar-refractivity contribution is 5.94. The first-order chi connectivity index (χ1) is 15.6. The molecular weight excluding hydrogens is 441 g/mol. The Morgan fingerprint density at radius 2 is 1.85 bits per heavy atom. The van der Waals surface area contributed by atoms with Gasteiger partial charge in [-0.15, -0.1) is 0 Å². The Hall–Kier alpha value is -4.22. The van der Waals surface area contributed by atoms with Crippen LogP contribution < -0.4 is 16.6 Å². The number of rotatable bonds is 4. The Bertz CT molecular complexity index is 1500. The Morgan fingerprint density at radius 3 is 2.58 bits per heavy atom. The van der Waals surface area contributed by atoms with E-state index in [1.165, 1.54) is 60.1 Å². The minimum Gasteiger partial charge on any atom is -0.309 e. The molecule has 0 aliphatic carbocycles. The second kappa shape index (κ2) is 8.04. The van der Waals surface area contributed by atoms with Gasteiger partial charge in [0.25, 0.3) is 5.56 Å². The predicted molar refractivity (Wildman–Crippen MR) is 113 cm³/mol. The van der Waals surface area contributed by atoms with E-state index in [0.717, 1.165) is 16.7 Å². The molecule has 4 rings (SSSR count). The number of anilines is 1. The van der Waals surface area contributed by atoms with E-state index in [1.54, 1.807) is 0 Å². The van der Waals surface area contributed by atoms with E-state index in [0.29, 0.717) is 11.1 Å². The van der Waals surface area contributed by atoms with Gasteiger partial charge in [0.05, 0.1) is 34.8 Å². The maximum absolute atomic E-state index is 12.9. The van der Waals surface area contributed by atoms with Gasteiger partial charge in [-0.25, -0.2) is 9.48 Å². The number of fused-ring (bicyclic) bond motifs is 1. The molecule has 0 radical (unpaired) electrons. The summed E-state index contributed by atoms with van der Waals surface area (Å²) in [5.74, 6) is -0.402. The fraction of sp³-hybridized carbons (Fsp3) is 0.190. The highest BCUT2D eigenvalue weighted by atomic mass is 19.4. The summed E-state index contributed by atoms with van der Waals surface area (Å²) in [6, 6.07) is 6.05. The molecule has 1 aromatic carbocycles. The summed E-state index contributed by atoms with van der Waals surface area (Å²) in [5.41, 5.74) is -1.10. The maximum atomic E-state index is 12.9. The van der Waals surface area contributed by atoms with Crippen molar-refractivity contribution in [1.82, 2.24) is 23.9 Å². The highest BCUT2D eigenvalue weighted by Crippen LogP contribution is 2.30. The largest absolute Gasteiger partial charge is 0.416 e. The van der Waals surface area contributed by atoms with E-state index in [1.807, 2.05) is 0 Å². The topological polar surface area (TPSA) is 104 Å². The zero-order chi connectivity index (χ0) is 23.9. The number of halogens is 3. The molecule has 0 aliphatic rings. The van der Waals surface area contributed by atoms with Crippen LogP contribution in [0.25, 0.3) is 16.6 Å². The monoisotopic (exact) mass is 458 g/mol. The molecular formula is C21H17F3N6O3. The number of alkyl halides is 3. The average molecular weight is 458 g/mol. The highest BCUT2D eigenvalue weighted by Gasteiger charge is 2.30. The Labute approximate surface area is 183 Å². The molecule has 0 spiro atoms. The van der Waals surface area contributed by atoms with Crippen LogP contribution in [0.15, 0.2) is 58.5 Å². The van der Waals surface area contributed by atoms with Gasteiger partial charge in [0.15, 0.2) is 5.82 Å². The Balaban J connectivity index is 1.58. The lowest BCUT2D eigenvalue weighted by molar-refractivity contribution is -0.137. The van der Waals surface area contributed by atoms with E-state index in [9.17, 15) is 27.6 Å². The van der Waals surface area contributed by atoms with Gasteiger partial charge in [-0.3, -0.25) is 23.7 Å². The summed E-state index contributed by atoms with van der Waals surface area (Å²) in [4.78, 5) is 41.3. The molecule has 12 heteroatoms. The van der Waals surface area contributed by atoms with E-state index in [4.69, 9.17) is 0 Å². The minimum absolute atomic E-state index is 0.117. The van der Waals surface area contributed by atoms with Crippen molar-refractivity contribution >= 4 is 22.6 Å². The summed E-state index contributed by atoms with van der Waals surface area (Å²) in [7, 11) is 2.84. The number of nitrogens with zero attached hydrogens (tertiary/aromatic N) is 5. The second-order valence-electron chi connectivity index (χ2n) is 7.32. The summed E-state index contributed by atoms with van der Waals surface area (Å²) in [6.07, 6.45) is -0.567. The molecule has 0 saturated heterocycles. The van der Waals surface area contributed by atoms with Crippen LogP contribution in [0.1, 0.15) is 11.1 Å². The number of amides is 1. The summed E-state index contributed by atoms with van der Waals surface area (Å²) < 4.78 is 42.2. The van der Waals surface area contributed by atoms with Gasteiger partial charge in [0, 0.05) is 32.6 Å². The fourth-order valence-corrected chi connectivity index (χ4v) is 3.43. The van der Waals surface area contributed by atoms with Crippen LogP contribution in [0.3, 0.4) is 0 Å². The Kier molecular flexibility index (Phi) is 5.36. The molecule has 0 aliphatic heterocycles. The van der Waals surface area contributed by atoms with Gasteiger partial charge in [-0.1, -0.05) is 6.07 Å². The number of benzene rings is 1. The molecule has 9 nitrogen and oxygen atoms in total. The molecule has 1 N–H and O–H groups in total. The number of aryl methyl sites for hydroxylation is 1. The van der Waals surface area contributed by atoms with Crippen molar-refractivity contribution < 1.29 is 18.0 Å². The average Bonchev–Trinajstić information content (AvgIpc) is 3.24. The Morgan fingerprint density at radius 1 is 1.09 bits per heavy atom. The first kappa shape index (κ1) is 22.0. The van der Waals surface area contributed by atoms with Gasteiger partial charge >= 0.3 is 11.9 Å². The van der Waals surface area contributed by atoms with Crippen molar-refractivity contribution in [3.8, 4) is 5.69 Å². The predicted octanol–water partition coefficient (Wildman–Crippen LogP) is 2.02. The van der Waals surface area contributed by atoms with Crippen molar-refractivity contribution in [2.45, 2.75) is 12.6 Å². The lowest BCUT2D eigenvalue weighted by Gasteiger charge is -2.10. The minimum atomic E-state index is -4.49. The van der Waals surface area contributed by atoms with Crippen molar-refractivity contribution in [2.75, 3.05) is 5.32 Å². The zero-order valence-electron chi connectivity index (χ0n) is 17.4. The lowest BCUT2D eigenvalue weighted by Crippen LogP contribution is -2.37. The molecule has 170 valence electrons. The second-order valence-corrected chi connectivity index (χ2v) is 7.32. The maximum Gasteiger partial charge on any atom is 0.416 e. The van der Waals surface area contributed by atoms with Gasteiger partial charge < -0.3 is 5.32 Å². The van der Waals surface area contributed by atoms with E-state index < -0.39 is 28.9 Å². The molecule has 0 atom stereocenters. The van der Waals surface area contributed by atoms with Gasteiger partial charge in [0.1, 0.15) is 0 Å². The van der Waals surface area contributed by atoms with Crippen LogP contribution in [0.2, 0.25) is 0 Å². The molecule has 0 unspecified atom stereocenters. The number of aromatic nitrogens is 5. The number of carbonyl (C=O) groups is 1. The van der Waals surface area contributed by atoms with Gasteiger partial charge in [0.2, 0.25) is 5.91 Å². The molecule has 0 saturated carbocycles. The quantitative estimate of drug-likeness (QED) is 0.504. The molecule has 0 fully saturated rings. The number of hydrogen-bond acceptors (Lipinski definition) is 5. The number of hydrogen-bond donors (Lipinski definition) is 1. The van der Waals surface area contributed by atoms with Crippen molar-refractivity contribution in [3.63, 3.8) is 0 Å². The van der Waals surface area contributed by atoms with Crippen LogP contribution in [-0.4, -0.2) is 29.8 Å². The first-order valence-corrected chi connectivity index (χ1v) is 9.62. The summed E-state index contributed by atoms with van der Waals surface area (Å²) in [6.45, 7) is 0. The van der Waals surface area contributed by atoms with Crippen LogP contribution >= 0.6 is 0 Å². The fourth-order valence-electron chi connectivity index (χ4n) is 3.43. The smallest absolute Gasteiger partial charge is 0.309 e. The van der Waals surface area contributed by atoms with E-state index in [2.05, 4.69) is 15.4 Å². The van der Waals surface area contributed by atoms with E-state index >= 15 is 0 Å². The third-order valence-corrected chi connectivity index (χ3v) is 5.10. The SMILES string of the molecule is Cn1c(=O)c2c(CC(=O)Nc3ccn(-c4cccc(C(F)(F)F)c4)n3)cncc2n(C)c1=O. The van der Waals surface area contributed by atoms with Crippen LogP contribution in [0.4, 0.5) is 19.0 Å². The molecule has 0 bridgehead atoms. The van der Waals surface area contributed by atoms with Crippen molar-refractivity contribution in [2.24, 2.45) is 14.1 Å². The summed E-state index contributed by atoms with van der Waals surface area (Å²) in [5, 5.41) is 6.84. The molecule has 1 amide bonds. The molecule has 3 heterocycles.